The largest absolute Gasteiger partial charge is 0.364 e. The van der Waals surface area contributed by atoms with Gasteiger partial charge in [-0.25, -0.2) is 9.89 Å². The van der Waals surface area contributed by atoms with E-state index in [4.69, 9.17) is 0 Å². The fourth-order valence-electron chi connectivity index (χ4n) is 1.34. The number of nitrogens with zero attached hydrogens (tertiary/aromatic N) is 2. The quantitative estimate of drug-likeness (QED) is 0.661. The van der Waals surface area contributed by atoms with Gasteiger partial charge >= 0.3 is 5.69 Å². The maximum Gasteiger partial charge on any atom is 0.342 e. The first-order valence-corrected chi connectivity index (χ1v) is 5.07. The van der Waals surface area contributed by atoms with Gasteiger partial charge in [0.05, 0.1) is 0 Å². The zero-order chi connectivity index (χ0) is 12.1. The SMILES string of the molecule is O=c1[nH]nc(NCCc2ccncc2)c(=O)[nH]1. The van der Waals surface area contributed by atoms with Gasteiger partial charge in [0.25, 0.3) is 5.56 Å². The van der Waals surface area contributed by atoms with E-state index in [1.54, 1.807) is 12.4 Å². The lowest BCUT2D eigenvalue weighted by Crippen LogP contribution is -2.27. The Labute approximate surface area is 95.9 Å². The molecule has 2 rings (SSSR count). The average Bonchev–Trinajstić information content (AvgIpc) is 2.33. The number of hydrogen-bond donors (Lipinski definition) is 3. The van der Waals surface area contributed by atoms with Gasteiger partial charge in [-0.15, -0.1) is 5.10 Å². The van der Waals surface area contributed by atoms with Crippen LogP contribution in [0.1, 0.15) is 5.56 Å². The maximum atomic E-state index is 11.3. The van der Waals surface area contributed by atoms with Crippen molar-refractivity contribution in [2.24, 2.45) is 0 Å². The minimum Gasteiger partial charge on any atom is -0.364 e. The molecular weight excluding hydrogens is 222 g/mol. The first-order valence-electron chi connectivity index (χ1n) is 5.07. The lowest BCUT2D eigenvalue weighted by atomic mass is 10.2. The zero-order valence-electron chi connectivity index (χ0n) is 8.93. The summed E-state index contributed by atoms with van der Waals surface area (Å²) in [5, 5.41) is 8.60. The minimum atomic E-state index is -0.616. The fourth-order valence-corrected chi connectivity index (χ4v) is 1.34. The third-order valence-corrected chi connectivity index (χ3v) is 2.17. The van der Waals surface area contributed by atoms with Gasteiger partial charge in [-0.05, 0) is 24.1 Å². The third-order valence-electron chi connectivity index (χ3n) is 2.17. The minimum absolute atomic E-state index is 0.110. The van der Waals surface area contributed by atoms with E-state index in [0.717, 1.165) is 12.0 Å². The van der Waals surface area contributed by atoms with Gasteiger partial charge in [0, 0.05) is 18.9 Å². The molecule has 2 aromatic heterocycles. The molecule has 2 heterocycles. The lowest BCUT2D eigenvalue weighted by molar-refractivity contribution is 0.876. The molecule has 0 unspecified atom stereocenters. The van der Waals surface area contributed by atoms with Crippen molar-refractivity contribution in [3.8, 4) is 0 Å². The summed E-state index contributed by atoms with van der Waals surface area (Å²) >= 11 is 0. The molecule has 0 bridgehead atoms. The number of hydrogen-bond acceptors (Lipinski definition) is 5. The second kappa shape index (κ2) is 5.06. The van der Waals surface area contributed by atoms with Gasteiger partial charge in [-0.3, -0.25) is 14.8 Å². The molecule has 0 aliphatic rings. The smallest absolute Gasteiger partial charge is 0.342 e. The van der Waals surface area contributed by atoms with E-state index in [1.165, 1.54) is 0 Å². The third kappa shape index (κ3) is 3.00. The van der Waals surface area contributed by atoms with Crippen LogP contribution in [0.2, 0.25) is 0 Å². The molecule has 0 spiro atoms. The number of aromatic nitrogens is 4. The summed E-state index contributed by atoms with van der Waals surface area (Å²) in [4.78, 5) is 28.0. The Hall–Kier alpha value is -2.44. The van der Waals surface area contributed by atoms with Crippen LogP contribution < -0.4 is 16.6 Å². The molecule has 0 atom stereocenters. The van der Waals surface area contributed by atoms with E-state index in [-0.39, 0.29) is 5.82 Å². The van der Waals surface area contributed by atoms with Crippen LogP contribution in [0.4, 0.5) is 5.82 Å². The summed E-state index contributed by atoms with van der Waals surface area (Å²) in [5.74, 6) is 0.110. The molecule has 7 nitrogen and oxygen atoms in total. The molecule has 0 aromatic carbocycles. The summed E-state index contributed by atoms with van der Waals surface area (Å²) in [6.07, 6.45) is 4.16. The Morgan fingerprint density at radius 2 is 2.00 bits per heavy atom. The van der Waals surface area contributed by atoms with Crippen LogP contribution >= 0.6 is 0 Å². The molecule has 0 aliphatic heterocycles. The van der Waals surface area contributed by atoms with Gasteiger partial charge in [0.15, 0.2) is 0 Å². The second-order valence-corrected chi connectivity index (χ2v) is 3.39. The molecule has 0 radical (unpaired) electrons. The van der Waals surface area contributed by atoms with E-state index in [9.17, 15) is 9.59 Å². The van der Waals surface area contributed by atoms with Crippen LogP contribution in [-0.2, 0) is 6.42 Å². The van der Waals surface area contributed by atoms with Crippen molar-refractivity contribution in [2.75, 3.05) is 11.9 Å². The maximum absolute atomic E-state index is 11.3. The molecule has 2 aromatic rings. The molecule has 0 fully saturated rings. The van der Waals surface area contributed by atoms with Gasteiger partial charge in [-0.2, -0.15) is 0 Å². The Morgan fingerprint density at radius 3 is 2.71 bits per heavy atom. The summed E-state index contributed by atoms with van der Waals surface area (Å²) in [5.41, 5.74) is -0.0356. The van der Waals surface area contributed by atoms with Crippen LogP contribution in [0.3, 0.4) is 0 Å². The van der Waals surface area contributed by atoms with Gasteiger partial charge in [0.2, 0.25) is 5.82 Å². The van der Waals surface area contributed by atoms with Crippen molar-refractivity contribution in [3.05, 3.63) is 50.9 Å². The van der Waals surface area contributed by atoms with Crippen molar-refractivity contribution < 1.29 is 0 Å². The Balaban J connectivity index is 1.95. The predicted molar refractivity (Wildman–Crippen MR) is 61.9 cm³/mol. The van der Waals surface area contributed by atoms with E-state index in [0.29, 0.717) is 6.54 Å². The lowest BCUT2D eigenvalue weighted by Gasteiger charge is -2.03. The average molecular weight is 233 g/mol. The first-order chi connectivity index (χ1) is 8.25. The highest BCUT2D eigenvalue weighted by atomic mass is 16.2. The zero-order valence-corrected chi connectivity index (χ0v) is 8.93. The topological polar surface area (TPSA) is 104 Å². The summed E-state index contributed by atoms with van der Waals surface area (Å²) in [6.45, 7) is 0.548. The second-order valence-electron chi connectivity index (χ2n) is 3.39. The molecule has 0 aliphatic carbocycles. The number of nitrogens with one attached hydrogen (secondary N) is 3. The van der Waals surface area contributed by atoms with E-state index in [1.807, 2.05) is 12.1 Å². The first kappa shape index (κ1) is 11.1. The van der Waals surface area contributed by atoms with E-state index < -0.39 is 11.2 Å². The van der Waals surface area contributed by atoms with Crippen LogP contribution in [0.5, 0.6) is 0 Å². The molecular formula is C10H11N5O2. The number of pyridine rings is 1. The Morgan fingerprint density at radius 1 is 1.24 bits per heavy atom. The highest BCUT2D eigenvalue weighted by Crippen LogP contribution is 1.97. The molecule has 88 valence electrons. The number of rotatable bonds is 4. The highest BCUT2D eigenvalue weighted by molar-refractivity contribution is 5.29. The van der Waals surface area contributed by atoms with Gasteiger partial charge in [0.1, 0.15) is 0 Å². The highest BCUT2D eigenvalue weighted by Gasteiger charge is 2.00. The number of H-pyrrole nitrogens is 2. The van der Waals surface area contributed by atoms with Crippen molar-refractivity contribution >= 4 is 5.82 Å². The molecule has 3 N–H and O–H groups in total. The molecule has 0 amide bonds. The van der Waals surface area contributed by atoms with Gasteiger partial charge in [-0.1, -0.05) is 0 Å². The van der Waals surface area contributed by atoms with Crippen molar-refractivity contribution in [1.29, 1.82) is 0 Å². The molecule has 7 heteroatoms. The Kier molecular flexibility index (Phi) is 3.29. The van der Waals surface area contributed by atoms with Crippen LogP contribution in [0.15, 0.2) is 34.1 Å². The monoisotopic (exact) mass is 233 g/mol. The van der Waals surface area contributed by atoms with Crippen LogP contribution in [0, 0.1) is 0 Å². The predicted octanol–water partition coefficient (Wildman–Crippen LogP) is -0.492. The van der Waals surface area contributed by atoms with Crippen molar-refractivity contribution in [3.63, 3.8) is 0 Å². The van der Waals surface area contributed by atoms with Crippen molar-refractivity contribution in [1.82, 2.24) is 20.2 Å². The van der Waals surface area contributed by atoms with E-state index in [2.05, 4.69) is 25.5 Å². The summed E-state index contributed by atoms with van der Waals surface area (Å²) in [6, 6.07) is 3.79. The fraction of sp³-hybridized carbons (Fsp3) is 0.200. The number of aromatic amines is 2. The summed E-state index contributed by atoms with van der Waals surface area (Å²) < 4.78 is 0. The molecule has 0 saturated heterocycles. The molecule has 17 heavy (non-hydrogen) atoms. The van der Waals surface area contributed by atoms with Crippen LogP contribution in [-0.4, -0.2) is 26.7 Å². The van der Waals surface area contributed by atoms with E-state index >= 15 is 0 Å². The van der Waals surface area contributed by atoms with Crippen molar-refractivity contribution in [2.45, 2.75) is 6.42 Å². The Bertz CT molecular complexity index is 589. The van der Waals surface area contributed by atoms with Crippen LogP contribution in [0.25, 0.3) is 0 Å². The molecule has 0 saturated carbocycles. The standard InChI is InChI=1S/C10H11N5O2/c16-9-8(14-15-10(17)13-9)12-6-3-7-1-4-11-5-2-7/h1-2,4-5H,3,6H2,(H,12,14)(H2,13,15,16,17). The number of anilines is 1. The van der Waals surface area contributed by atoms with Gasteiger partial charge < -0.3 is 5.32 Å². The normalized spacial score (nSPS) is 10.1. The summed E-state index contributed by atoms with van der Waals surface area (Å²) in [7, 11) is 0.